The molecule has 0 heterocycles. The molecule has 716 valence electrons. The third kappa shape index (κ3) is 48.1. The molecule has 0 spiro atoms. The highest BCUT2D eigenvalue weighted by Gasteiger charge is 2.41. The Kier molecular flexibility index (Phi) is 49.7. The number of carboxylic acids is 16. The lowest BCUT2D eigenvalue weighted by Gasteiger charge is -2.28. The van der Waals surface area contributed by atoms with Crippen molar-refractivity contribution >= 4 is 178 Å². The van der Waals surface area contributed by atoms with Gasteiger partial charge >= 0.3 is 95.5 Å². The Balaban J connectivity index is 7.58. The summed E-state index contributed by atoms with van der Waals surface area (Å²) in [4.78, 5) is 382. The molecule has 61 nitrogen and oxygen atoms in total. The van der Waals surface area contributed by atoms with Crippen LogP contribution in [0, 0.1) is 0 Å². The van der Waals surface area contributed by atoms with Crippen LogP contribution in [0.1, 0.15) is 148 Å². The minimum Gasteiger partial charge on any atom is -0.481 e. The first kappa shape index (κ1) is 113. The zero-order chi connectivity index (χ0) is 99.1. The summed E-state index contributed by atoms with van der Waals surface area (Å²) in [6, 6.07) is -35.3. The topological polar surface area (TPSA) is 1030 Å². The number of aliphatic carboxylic acids is 16. The maximum absolute atomic E-state index is 14.2. The van der Waals surface area contributed by atoms with Gasteiger partial charge in [0.2, 0.25) is 82.7 Å². The molecule has 61 heteroatoms. The van der Waals surface area contributed by atoms with Crippen molar-refractivity contribution in [1.29, 1.82) is 0 Å². The average molecular weight is 1860 g/mol. The zero-order valence-electron chi connectivity index (χ0n) is 66.9. The number of amides is 14. The van der Waals surface area contributed by atoms with Crippen molar-refractivity contribution in [2.45, 2.75) is 238 Å². The molecule has 0 rings (SSSR count). The molecule has 0 radical (unpaired) electrons. The van der Waals surface area contributed by atoms with Crippen LogP contribution in [-0.4, -0.2) is 351 Å². The highest BCUT2D eigenvalue weighted by molar-refractivity contribution is 6.03. The first-order valence-corrected chi connectivity index (χ1v) is 37.3. The van der Waals surface area contributed by atoms with Gasteiger partial charge in [0.1, 0.15) is 84.6 Å². The van der Waals surface area contributed by atoms with Crippen LogP contribution in [0.2, 0.25) is 0 Å². The second-order valence-corrected chi connectivity index (χ2v) is 27.4. The number of hydrogen-bond acceptors (Lipinski definition) is 31. The summed E-state index contributed by atoms with van der Waals surface area (Å²) in [5.41, 5.74) is 5.64. The van der Waals surface area contributed by atoms with Crippen molar-refractivity contribution < 1.29 is 226 Å². The smallest absolute Gasteiger partial charge is 0.326 e. The van der Waals surface area contributed by atoms with Crippen molar-refractivity contribution in [2.75, 3.05) is 0 Å². The average Bonchev–Trinajstić information content (AvgIpc) is 0.853. The zero-order valence-corrected chi connectivity index (χ0v) is 66.9. The number of carbonyl (C=O) groups is 30. The highest BCUT2D eigenvalue weighted by Crippen LogP contribution is 2.14. The first-order chi connectivity index (χ1) is 59.8. The third-order valence-corrected chi connectivity index (χ3v) is 17.0. The van der Waals surface area contributed by atoms with Crippen LogP contribution in [0.15, 0.2) is 0 Å². The quantitative estimate of drug-likeness (QED) is 0.0269. The van der Waals surface area contributed by atoms with E-state index in [1.807, 2.05) is 37.2 Å². The van der Waals surface area contributed by atoms with Crippen molar-refractivity contribution in [3.05, 3.63) is 0 Å². The molecule has 0 aliphatic carbocycles. The van der Waals surface area contributed by atoms with Crippen molar-refractivity contribution in [3.63, 3.8) is 0 Å². The molecule has 14 amide bonds. The monoisotopic (exact) mass is 1860 g/mol. The SMILES string of the molecule is N[C@@H](CCC(=O)O)C(=O)N[C@@H](CC(=O)O)C(=O)N[C@@H](CCC(=O)O)C(=O)N[C@@H](CCC(=O)O)C(=O)N[C@@H](CC(=O)O)C(=O)N[C@@H](CCC(=O)O)C(=O)N[C@@H](CC(=O)O)C(=O)N[C@@H](CCC(=O)O)C(=O)N[C@@H](CCC(=O)O)C(=O)N[C@@H](CCC(=O)O)C(=O)N[C@@H](CC(=O)O)C(=O)N[C@@H](CC(=O)O)C(=O)N[C@@H](CC(=O)O)C(=O)N[C@@H](CC(=O)O)C(=O)N[C@@H](CCC(=O)O)C(=O)O. The number of hydrogen-bond donors (Lipinski definition) is 31. The normalized spacial score (nSPS) is 14.2. The second kappa shape index (κ2) is 56.8. The van der Waals surface area contributed by atoms with Gasteiger partial charge in [-0.05, 0) is 51.4 Å². The highest BCUT2D eigenvalue weighted by atomic mass is 16.4. The summed E-state index contributed by atoms with van der Waals surface area (Å²) < 4.78 is 0. The van der Waals surface area contributed by atoms with E-state index in [4.69, 9.17) is 15.9 Å². The van der Waals surface area contributed by atoms with Gasteiger partial charge in [-0.2, -0.15) is 0 Å². The summed E-state index contributed by atoms with van der Waals surface area (Å²) in [5, 5.41) is 178. The number of nitrogens with two attached hydrogens (primary N) is 1. The van der Waals surface area contributed by atoms with Crippen LogP contribution in [0.3, 0.4) is 0 Å². The largest absolute Gasteiger partial charge is 0.481 e. The molecule has 0 saturated carbocycles. The van der Waals surface area contributed by atoms with E-state index >= 15 is 0 Å². The van der Waals surface area contributed by atoms with E-state index < -0.39 is 417 Å². The summed E-state index contributed by atoms with van der Waals surface area (Å²) >= 11 is 0. The van der Waals surface area contributed by atoms with E-state index in [9.17, 15) is 215 Å². The summed E-state index contributed by atoms with van der Waals surface area (Å²) in [5.74, 6) is -53.5. The predicted octanol–water partition coefficient (Wildman–Crippen LogP) is -12.6. The summed E-state index contributed by atoms with van der Waals surface area (Å²) in [7, 11) is 0. The van der Waals surface area contributed by atoms with Gasteiger partial charge in [0.15, 0.2) is 0 Å². The minimum atomic E-state index is -2.61. The molecule has 129 heavy (non-hydrogen) atoms. The molecule has 15 atom stereocenters. The Labute approximate surface area is 720 Å². The van der Waals surface area contributed by atoms with E-state index in [1.54, 1.807) is 37.2 Å². The fourth-order valence-corrected chi connectivity index (χ4v) is 10.7. The maximum Gasteiger partial charge on any atom is 0.326 e. The maximum atomic E-state index is 14.2. The molecule has 32 N–H and O–H groups in total. The van der Waals surface area contributed by atoms with Gasteiger partial charge in [-0.25, -0.2) is 4.79 Å². The number of nitrogens with one attached hydrogen (secondary N) is 14. The van der Waals surface area contributed by atoms with Crippen molar-refractivity contribution in [1.82, 2.24) is 74.4 Å². The molecule has 0 saturated heterocycles. The van der Waals surface area contributed by atoms with Gasteiger partial charge in [0.05, 0.1) is 51.0 Å². The Morgan fingerprint density at radius 2 is 0.256 bits per heavy atom. The van der Waals surface area contributed by atoms with E-state index in [2.05, 4.69) is 0 Å². The van der Waals surface area contributed by atoms with Gasteiger partial charge in [-0.15, -0.1) is 0 Å². The van der Waals surface area contributed by atoms with E-state index in [1.165, 1.54) is 0 Å². The van der Waals surface area contributed by atoms with Crippen LogP contribution in [0.4, 0.5) is 0 Å². The second-order valence-electron chi connectivity index (χ2n) is 27.4. The van der Waals surface area contributed by atoms with Gasteiger partial charge in [-0.1, -0.05) is 0 Å². The summed E-state index contributed by atoms with van der Waals surface area (Å²) in [6.45, 7) is 0. The number of carboxylic acid groups (broad SMARTS) is 16. The van der Waals surface area contributed by atoms with E-state index in [0.717, 1.165) is 0 Å². The fourth-order valence-electron chi connectivity index (χ4n) is 10.7. The van der Waals surface area contributed by atoms with Crippen LogP contribution < -0.4 is 80.2 Å². The van der Waals surface area contributed by atoms with Gasteiger partial charge in [-0.3, -0.25) is 139 Å². The molecule has 0 unspecified atom stereocenters. The lowest BCUT2D eigenvalue weighted by atomic mass is 10.0. The Morgan fingerprint density at radius 3 is 0.388 bits per heavy atom. The van der Waals surface area contributed by atoms with Gasteiger partial charge in [0, 0.05) is 51.4 Å². The molecule has 0 fully saturated rings. The van der Waals surface area contributed by atoms with Crippen LogP contribution >= 0.6 is 0 Å². The first-order valence-electron chi connectivity index (χ1n) is 37.3. The fraction of sp³-hybridized carbons (Fsp3) is 0.559. The molecule has 0 aliphatic heterocycles. The van der Waals surface area contributed by atoms with Crippen molar-refractivity contribution in [3.8, 4) is 0 Å². The van der Waals surface area contributed by atoms with Crippen molar-refractivity contribution in [2.24, 2.45) is 5.73 Å². The lowest BCUT2D eigenvalue weighted by molar-refractivity contribution is -0.146. The van der Waals surface area contributed by atoms with Crippen LogP contribution in [0.5, 0.6) is 0 Å². The molecular formula is C68H93N15O46. The Morgan fingerprint density at radius 1 is 0.147 bits per heavy atom. The van der Waals surface area contributed by atoms with E-state index in [-0.39, 0.29) is 0 Å². The van der Waals surface area contributed by atoms with Gasteiger partial charge in [0.25, 0.3) is 0 Å². The van der Waals surface area contributed by atoms with Crippen LogP contribution in [-0.2, 0) is 144 Å². The third-order valence-electron chi connectivity index (χ3n) is 17.0. The molecule has 0 aromatic carbocycles. The Hall–Kier alpha value is -15.9. The standard InChI is InChI=1S/C68H93N15O46/c69-24(1-9-39(84)85)54(114)77-32(17-47(100)101)61(121)73-26(3-11-41(88)89)57(117)72-28(5-13-43(92)93)58(118)78-34(19-49(104)105)63(123)75-30(7-15-45(96)97)60(120)79-33(18-48(102)103)62(122)74-27(4-12-42(90)91)56(116)70-25(2-10-40(86)87)55(115)71-29(6-14-44(94)95)59(119)80-36(21-51(108)109)65(125)82-38(23-53(112)113)67(127)83-37(22-52(110)111)66(126)81-35(20-50(106)107)64(124)76-31(68(128)129)8-16-46(98)99/h24-38H,1-23,69H2,(H,70,116)(H,71,115)(H,72,117)(H,73,121)(H,74,122)(H,75,123)(H,76,124)(H,77,114)(H,78,118)(H,79,120)(H,80,119)(H,81,126)(H,82,125)(H,83,127)(H,84,85)(H,86,87)(H,88,89)(H,90,91)(H,92,93)(H,94,95)(H,96,97)(H,98,99)(H,100,101)(H,102,103)(H,104,105)(H,106,107)(H,108,109)(H,110,111)(H,112,113)(H,128,129)/t24-,25-,26-,27-,28-,29-,30-,31-,32-,33-,34-,35-,36-,37-,38-/m0/s1. The number of rotatable bonds is 67. The minimum absolute atomic E-state index is 0.561. The lowest BCUT2D eigenvalue weighted by Crippen LogP contribution is -2.61. The van der Waals surface area contributed by atoms with E-state index in [0.29, 0.717) is 0 Å². The summed E-state index contributed by atoms with van der Waals surface area (Å²) in [6.07, 6.45) is -27.1. The molecule has 0 bridgehead atoms. The molecule has 0 aliphatic rings. The molecule has 0 aromatic heterocycles. The number of carbonyl (C=O) groups excluding carboxylic acids is 14. The molecular weight excluding hydrogens is 1760 g/mol. The van der Waals surface area contributed by atoms with Crippen LogP contribution in [0.25, 0.3) is 0 Å². The molecule has 0 aromatic rings. The Bertz CT molecular complexity index is 4270. The predicted molar refractivity (Wildman–Crippen MR) is 403 cm³/mol. The van der Waals surface area contributed by atoms with Gasteiger partial charge < -0.3 is 162 Å².